The van der Waals surface area contributed by atoms with E-state index in [1.807, 2.05) is 30.0 Å². The Morgan fingerprint density at radius 3 is 2.82 bits per heavy atom. The Balaban J connectivity index is 1.22. The van der Waals surface area contributed by atoms with Crippen molar-refractivity contribution in [3.8, 4) is 5.88 Å². The van der Waals surface area contributed by atoms with E-state index in [1.165, 1.54) is 0 Å². The minimum atomic E-state index is 0.0312. The van der Waals surface area contributed by atoms with Crippen LogP contribution in [0.4, 0.5) is 0 Å². The maximum Gasteiger partial charge on any atom is 0.272 e. The van der Waals surface area contributed by atoms with E-state index in [2.05, 4.69) is 20.4 Å². The molecule has 3 aromatic heterocycles. The highest BCUT2D eigenvalue weighted by Gasteiger charge is 2.30. The summed E-state index contributed by atoms with van der Waals surface area (Å²) in [5.74, 6) is 2.29. The molecule has 1 amide bonds. The van der Waals surface area contributed by atoms with Crippen LogP contribution in [0.3, 0.4) is 0 Å². The highest BCUT2D eigenvalue weighted by Crippen LogP contribution is 2.38. The number of aryl methyl sites for hydroxylation is 2. The van der Waals surface area contributed by atoms with E-state index in [0.717, 1.165) is 43.0 Å². The molecule has 4 heterocycles. The second-order valence-corrected chi connectivity index (χ2v) is 7.79. The number of carbonyl (C=O) groups excluding carboxylic acids is 1. The fraction of sp³-hybridized carbons (Fsp3) is 0.526. The van der Waals surface area contributed by atoms with Crippen molar-refractivity contribution >= 4 is 11.6 Å². The average Bonchev–Trinajstić information content (AvgIpc) is 3.12. The molecule has 0 spiro atoms. The number of hydrogen-bond donors (Lipinski definition) is 0. The van der Waals surface area contributed by atoms with Crippen LogP contribution in [0, 0.1) is 12.8 Å². The van der Waals surface area contributed by atoms with Gasteiger partial charge in [-0.2, -0.15) is 9.61 Å². The molecule has 5 rings (SSSR count). The summed E-state index contributed by atoms with van der Waals surface area (Å²) in [5, 5.41) is 17.2. The van der Waals surface area contributed by atoms with E-state index >= 15 is 0 Å². The minimum absolute atomic E-state index is 0.0312. The van der Waals surface area contributed by atoms with Gasteiger partial charge in [0.15, 0.2) is 11.5 Å². The van der Waals surface area contributed by atoms with E-state index in [0.29, 0.717) is 36.6 Å². The molecule has 9 nitrogen and oxygen atoms in total. The number of ether oxygens (including phenoxy) is 1. The molecule has 28 heavy (non-hydrogen) atoms. The smallest absolute Gasteiger partial charge is 0.272 e. The third kappa shape index (κ3) is 3.10. The van der Waals surface area contributed by atoms with Crippen LogP contribution in [0.15, 0.2) is 18.2 Å². The predicted octanol–water partition coefficient (Wildman–Crippen LogP) is 1.58. The lowest BCUT2D eigenvalue weighted by Gasteiger charge is -2.16. The Hall–Kier alpha value is -2.97. The van der Waals surface area contributed by atoms with Crippen LogP contribution in [0.2, 0.25) is 0 Å². The molecule has 1 saturated heterocycles. The fourth-order valence-electron chi connectivity index (χ4n) is 3.79. The molecule has 1 unspecified atom stereocenters. The van der Waals surface area contributed by atoms with Gasteiger partial charge in [0.05, 0.1) is 12.3 Å². The quantitative estimate of drug-likeness (QED) is 0.667. The molecule has 1 aliphatic carbocycles. The van der Waals surface area contributed by atoms with Crippen molar-refractivity contribution in [1.29, 1.82) is 0 Å². The van der Waals surface area contributed by atoms with Gasteiger partial charge in [-0.25, -0.2) is 0 Å². The van der Waals surface area contributed by atoms with Gasteiger partial charge < -0.3 is 9.64 Å². The molecule has 1 aliphatic heterocycles. The summed E-state index contributed by atoms with van der Waals surface area (Å²) in [7, 11) is 1.81. The van der Waals surface area contributed by atoms with Crippen LogP contribution in [0.25, 0.3) is 5.65 Å². The van der Waals surface area contributed by atoms with Gasteiger partial charge in [0.25, 0.3) is 5.91 Å². The van der Waals surface area contributed by atoms with Gasteiger partial charge in [0.1, 0.15) is 5.69 Å². The summed E-state index contributed by atoms with van der Waals surface area (Å²) in [4.78, 5) is 14.6. The zero-order chi connectivity index (χ0) is 19.3. The van der Waals surface area contributed by atoms with Gasteiger partial charge in [-0.15, -0.1) is 15.3 Å². The number of nitrogens with zero attached hydrogens (tertiary/aromatic N) is 7. The second kappa shape index (κ2) is 6.57. The van der Waals surface area contributed by atoms with Crippen molar-refractivity contribution in [2.75, 3.05) is 19.7 Å². The Morgan fingerprint density at radius 1 is 1.21 bits per heavy atom. The maximum absolute atomic E-state index is 12.7. The number of fused-ring (bicyclic) bond motifs is 1. The first kappa shape index (κ1) is 17.2. The van der Waals surface area contributed by atoms with E-state index in [1.54, 1.807) is 16.2 Å². The number of carbonyl (C=O) groups is 1. The summed E-state index contributed by atoms with van der Waals surface area (Å²) in [5.41, 5.74) is 2.23. The van der Waals surface area contributed by atoms with Gasteiger partial charge in [-0.05, 0) is 38.3 Å². The predicted molar refractivity (Wildman–Crippen MR) is 100 cm³/mol. The van der Waals surface area contributed by atoms with Gasteiger partial charge >= 0.3 is 0 Å². The normalized spacial score (nSPS) is 19.5. The highest BCUT2D eigenvalue weighted by atomic mass is 16.5. The summed E-state index contributed by atoms with van der Waals surface area (Å²) in [6, 6.07) is 5.55. The fourth-order valence-corrected chi connectivity index (χ4v) is 3.79. The maximum atomic E-state index is 12.7. The molecule has 3 aromatic rings. The third-order valence-electron chi connectivity index (χ3n) is 5.47. The van der Waals surface area contributed by atoms with Crippen molar-refractivity contribution in [1.82, 2.24) is 34.5 Å². The molecule has 0 bridgehead atoms. The van der Waals surface area contributed by atoms with Crippen molar-refractivity contribution < 1.29 is 9.53 Å². The molecule has 9 heteroatoms. The Morgan fingerprint density at radius 2 is 2.07 bits per heavy atom. The third-order valence-corrected chi connectivity index (χ3v) is 5.47. The summed E-state index contributed by atoms with van der Waals surface area (Å²) in [6.07, 6.45) is 3.22. The molecule has 2 fully saturated rings. The van der Waals surface area contributed by atoms with Crippen molar-refractivity contribution in [3.63, 3.8) is 0 Å². The number of rotatable bonds is 5. The molecule has 2 aliphatic rings. The number of amides is 1. The minimum Gasteiger partial charge on any atom is -0.476 e. The zero-order valence-electron chi connectivity index (χ0n) is 16.1. The number of hydrogen-bond acceptors (Lipinski definition) is 6. The Labute approximate surface area is 162 Å². The monoisotopic (exact) mass is 381 g/mol. The largest absolute Gasteiger partial charge is 0.476 e. The zero-order valence-corrected chi connectivity index (χ0v) is 16.1. The lowest BCUT2D eigenvalue weighted by Crippen LogP contribution is -2.31. The lowest BCUT2D eigenvalue weighted by atomic mass is 10.1. The van der Waals surface area contributed by atoms with Crippen LogP contribution in [-0.4, -0.2) is 60.1 Å². The Bertz CT molecular complexity index is 1040. The summed E-state index contributed by atoms with van der Waals surface area (Å²) < 4.78 is 9.39. The van der Waals surface area contributed by atoms with Gasteiger partial charge in [-0.1, -0.05) is 0 Å². The summed E-state index contributed by atoms with van der Waals surface area (Å²) in [6.45, 7) is 3.85. The summed E-state index contributed by atoms with van der Waals surface area (Å²) >= 11 is 0. The standard InChI is InChI=1S/C19H23N7O2/c1-12-9-15(24(2)22-12)19(27)25-8-7-13(10-25)11-28-17-6-5-16-20-21-18(14-3-4-14)26(16)23-17/h5-6,9,13-14H,3-4,7-8,10-11H2,1-2H3. The molecular weight excluding hydrogens is 358 g/mol. The van der Waals surface area contributed by atoms with Crippen molar-refractivity contribution in [3.05, 3.63) is 35.4 Å². The van der Waals surface area contributed by atoms with Crippen LogP contribution < -0.4 is 4.74 Å². The average molecular weight is 381 g/mol. The van der Waals surface area contributed by atoms with Crippen LogP contribution in [0.5, 0.6) is 5.88 Å². The molecular formula is C19H23N7O2. The molecule has 1 saturated carbocycles. The van der Waals surface area contributed by atoms with E-state index in [9.17, 15) is 4.79 Å². The van der Waals surface area contributed by atoms with Crippen molar-refractivity contribution in [2.24, 2.45) is 13.0 Å². The topological polar surface area (TPSA) is 90.4 Å². The van der Waals surface area contributed by atoms with E-state index in [-0.39, 0.29) is 5.91 Å². The van der Waals surface area contributed by atoms with E-state index in [4.69, 9.17) is 4.74 Å². The van der Waals surface area contributed by atoms with Gasteiger partial charge in [0, 0.05) is 38.0 Å². The van der Waals surface area contributed by atoms with Crippen LogP contribution in [0.1, 0.15) is 47.2 Å². The van der Waals surface area contributed by atoms with Gasteiger partial charge in [0.2, 0.25) is 5.88 Å². The highest BCUT2D eigenvalue weighted by molar-refractivity contribution is 5.92. The van der Waals surface area contributed by atoms with Crippen molar-refractivity contribution in [2.45, 2.75) is 32.1 Å². The molecule has 0 N–H and O–H groups in total. The first-order chi connectivity index (χ1) is 13.6. The number of aromatic nitrogens is 6. The lowest BCUT2D eigenvalue weighted by molar-refractivity contribution is 0.0772. The molecule has 146 valence electrons. The van der Waals surface area contributed by atoms with Crippen LogP contribution in [-0.2, 0) is 7.05 Å². The first-order valence-electron chi connectivity index (χ1n) is 9.73. The molecule has 1 atom stereocenters. The SMILES string of the molecule is Cc1cc(C(=O)N2CCC(COc3ccc4nnc(C5CC5)n4n3)C2)n(C)n1. The van der Waals surface area contributed by atoms with Gasteiger partial charge in [-0.3, -0.25) is 9.48 Å². The van der Waals surface area contributed by atoms with E-state index < -0.39 is 0 Å². The second-order valence-electron chi connectivity index (χ2n) is 7.79. The van der Waals surface area contributed by atoms with Crippen LogP contribution >= 0.6 is 0 Å². The Kier molecular flexibility index (Phi) is 4.03. The molecule has 0 aromatic carbocycles. The first-order valence-corrected chi connectivity index (χ1v) is 9.73. The molecule has 0 radical (unpaired) electrons. The number of likely N-dealkylation sites (tertiary alicyclic amines) is 1.